The van der Waals surface area contributed by atoms with Gasteiger partial charge in [-0.3, -0.25) is 4.79 Å². The number of carbonyl (C=O) groups excluding carboxylic acids is 1. The van der Waals surface area contributed by atoms with Gasteiger partial charge in [-0.25, -0.2) is 19.0 Å². The van der Waals surface area contributed by atoms with E-state index in [4.69, 9.17) is 0 Å². The lowest BCUT2D eigenvalue weighted by Gasteiger charge is -2.39. The zero-order chi connectivity index (χ0) is 18.6. The summed E-state index contributed by atoms with van der Waals surface area (Å²) in [6, 6.07) is 10.0. The van der Waals surface area contributed by atoms with Crippen molar-refractivity contribution in [2.24, 2.45) is 5.92 Å². The van der Waals surface area contributed by atoms with Crippen molar-refractivity contribution >= 4 is 11.7 Å². The first-order chi connectivity index (χ1) is 13.2. The first kappa shape index (κ1) is 17.1. The molecule has 8 heteroatoms. The second kappa shape index (κ2) is 7.53. The van der Waals surface area contributed by atoms with Gasteiger partial charge in [-0.2, -0.15) is 5.10 Å². The van der Waals surface area contributed by atoms with E-state index >= 15 is 0 Å². The standard InChI is InChI=1S/C19H19FN6O/c20-16-4-2-14(3-5-16)6-8-21-19(27)15-11-25(12-15)17-10-18(23-13-22-17)26-9-1-7-24-26/h1-5,7,9-10,13,15H,6,8,11-12H2,(H,21,27). The lowest BCUT2D eigenvalue weighted by Crippen LogP contribution is -2.54. The zero-order valence-electron chi connectivity index (χ0n) is 14.6. The number of nitrogens with one attached hydrogen (secondary N) is 1. The topological polar surface area (TPSA) is 75.9 Å². The SMILES string of the molecule is O=C(NCCc1ccc(F)cc1)C1CN(c2cc(-n3cccn3)ncn2)C1. The Morgan fingerprint density at radius 3 is 2.70 bits per heavy atom. The van der Waals surface area contributed by atoms with Gasteiger partial charge in [-0.1, -0.05) is 12.1 Å². The van der Waals surface area contributed by atoms with E-state index in [1.54, 1.807) is 23.0 Å². The number of halogens is 1. The summed E-state index contributed by atoms with van der Waals surface area (Å²) in [4.78, 5) is 22.8. The van der Waals surface area contributed by atoms with Gasteiger partial charge in [0.25, 0.3) is 0 Å². The molecule has 0 bridgehead atoms. The number of amides is 1. The Bertz CT molecular complexity index is 906. The van der Waals surface area contributed by atoms with Gasteiger partial charge in [-0.15, -0.1) is 0 Å². The van der Waals surface area contributed by atoms with Crippen molar-refractivity contribution in [3.63, 3.8) is 0 Å². The molecule has 0 unspecified atom stereocenters. The Morgan fingerprint density at radius 2 is 1.96 bits per heavy atom. The molecular weight excluding hydrogens is 347 g/mol. The third-order valence-corrected chi connectivity index (χ3v) is 4.58. The Kier molecular flexibility index (Phi) is 4.78. The smallest absolute Gasteiger partial charge is 0.226 e. The first-order valence-electron chi connectivity index (χ1n) is 8.78. The summed E-state index contributed by atoms with van der Waals surface area (Å²) in [5.41, 5.74) is 0.999. The van der Waals surface area contributed by atoms with E-state index in [0.29, 0.717) is 31.9 Å². The van der Waals surface area contributed by atoms with E-state index in [0.717, 1.165) is 11.4 Å². The van der Waals surface area contributed by atoms with Crippen LogP contribution in [0.4, 0.5) is 10.2 Å². The first-order valence-corrected chi connectivity index (χ1v) is 8.78. The van der Waals surface area contributed by atoms with Crippen LogP contribution in [-0.2, 0) is 11.2 Å². The minimum absolute atomic E-state index is 0.0368. The molecule has 0 atom stereocenters. The van der Waals surface area contributed by atoms with Crippen LogP contribution in [0.25, 0.3) is 5.82 Å². The highest BCUT2D eigenvalue weighted by Gasteiger charge is 2.33. The van der Waals surface area contributed by atoms with Gasteiger partial charge in [0.2, 0.25) is 5.91 Å². The van der Waals surface area contributed by atoms with E-state index in [1.165, 1.54) is 18.5 Å². The fourth-order valence-electron chi connectivity index (χ4n) is 3.00. The molecule has 4 rings (SSSR count). The van der Waals surface area contributed by atoms with Crippen LogP contribution in [0, 0.1) is 11.7 Å². The summed E-state index contributed by atoms with van der Waals surface area (Å²) in [5, 5.41) is 7.11. The van der Waals surface area contributed by atoms with Gasteiger partial charge < -0.3 is 10.2 Å². The lowest BCUT2D eigenvalue weighted by atomic mass is 9.99. The number of hydrogen-bond donors (Lipinski definition) is 1. The summed E-state index contributed by atoms with van der Waals surface area (Å²) >= 11 is 0. The lowest BCUT2D eigenvalue weighted by molar-refractivity contribution is -0.125. The van der Waals surface area contributed by atoms with Crippen molar-refractivity contribution in [3.05, 3.63) is 66.5 Å². The van der Waals surface area contributed by atoms with E-state index in [9.17, 15) is 9.18 Å². The number of aromatic nitrogens is 4. The molecule has 1 N–H and O–H groups in total. The summed E-state index contributed by atoms with van der Waals surface area (Å²) in [6.07, 6.45) is 5.70. The molecule has 1 amide bonds. The maximum Gasteiger partial charge on any atom is 0.226 e. The summed E-state index contributed by atoms with van der Waals surface area (Å²) < 4.78 is 14.6. The molecule has 1 fully saturated rings. The van der Waals surface area contributed by atoms with Crippen molar-refractivity contribution in [3.8, 4) is 5.82 Å². The molecule has 138 valence electrons. The van der Waals surface area contributed by atoms with Crippen LogP contribution in [0.15, 0.2) is 55.1 Å². The molecule has 3 aromatic rings. The molecule has 27 heavy (non-hydrogen) atoms. The molecule has 0 aliphatic carbocycles. The van der Waals surface area contributed by atoms with E-state index in [-0.39, 0.29) is 17.6 Å². The largest absolute Gasteiger partial charge is 0.355 e. The quantitative estimate of drug-likeness (QED) is 0.717. The van der Waals surface area contributed by atoms with Crippen LogP contribution in [0.1, 0.15) is 5.56 Å². The van der Waals surface area contributed by atoms with Crippen LogP contribution in [0.5, 0.6) is 0 Å². The molecule has 1 aliphatic heterocycles. The Hall–Kier alpha value is -3.29. The second-order valence-electron chi connectivity index (χ2n) is 6.45. The average Bonchev–Trinajstić information content (AvgIpc) is 3.17. The molecule has 0 spiro atoms. The van der Waals surface area contributed by atoms with Gasteiger partial charge in [0.15, 0.2) is 5.82 Å². The van der Waals surface area contributed by atoms with Crippen LogP contribution in [0.2, 0.25) is 0 Å². The Morgan fingerprint density at radius 1 is 1.19 bits per heavy atom. The Balaban J connectivity index is 1.26. The van der Waals surface area contributed by atoms with Crippen LogP contribution < -0.4 is 10.2 Å². The molecule has 1 saturated heterocycles. The van der Waals surface area contributed by atoms with Crippen molar-refractivity contribution in [2.45, 2.75) is 6.42 Å². The summed E-state index contributed by atoms with van der Waals surface area (Å²) in [5.74, 6) is 1.21. The number of benzene rings is 1. The third-order valence-electron chi connectivity index (χ3n) is 4.58. The number of rotatable bonds is 6. The highest BCUT2D eigenvalue weighted by Crippen LogP contribution is 2.23. The van der Waals surface area contributed by atoms with Crippen molar-refractivity contribution in [1.82, 2.24) is 25.1 Å². The van der Waals surface area contributed by atoms with Gasteiger partial charge >= 0.3 is 0 Å². The molecule has 0 radical (unpaired) electrons. The van der Waals surface area contributed by atoms with Crippen LogP contribution >= 0.6 is 0 Å². The maximum absolute atomic E-state index is 12.9. The third kappa shape index (κ3) is 3.94. The minimum atomic E-state index is -0.252. The van der Waals surface area contributed by atoms with Crippen molar-refractivity contribution in [2.75, 3.05) is 24.5 Å². The van der Waals surface area contributed by atoms with E-state index in [1.807, 2.05) is 23.2 Å². The summed E-state index contributed by atoms with van der Waals surface area (Å²) in [7, 11) is 0. The predicted molar refractivity (Wildman–Crippen MR) is 98.0 cm³/mol. The molecule has 3 heterocycles. The maximum atomic E-state index is 12.9. The fourth-order valence-corrected chi connectivity index (χ4v) is 3.00. The number of carbonyl (C=O) groups is 1. The molecule has 7 nitrogen and oxygen atoms in total. The molecule has 1 aromatic carbocycles. The number of hydrogen-bond acceptors (Lipinski definition) is 5. The van der Waals surface area contributed by atoms with Crippen LogP contribution in [0.3, 0.4) is 0 Å². The van der Waals surface area contributed by atoms with Crippen molar-refractivity contribution in [1.29, 1.82) is 0 Å². The number of nitrogens with zero attached hydrogens (tertiary/aromatic N) is 5. The van der Waals surface area contributed by atoms with Gasteiger partial charge in [0, 0.05) is 38.1 Å². The highest BCUT2D eigenvalue weighted by molar-refractivity contribution is 5.81. The van der Waals surface area contributed by atoms with E-state index in [2.05, 4.69) is 20.4 Å². The molecule has 2 aromatic heterocycles. The highest BCUT2D eigenvalue weighted by atomic mass is 19.1. The number of anilines is 1. The molecular formula is C19H19FN6O. The normalized spacial score (nSPS) is 14.0. The van der Waals surface area contributed by atoms with Crippen molar-refractivity contribution < 1.29 is 9.18 Å². The van der Waals surface area contributed by atoms with Gasteiger partial charge in [-0.05, 0) is 30.2 Å². The predicted octanol–water partition coefficient (Wildman–Crippen LogP) is 1.60. The minimum Gasteiger partial charge on any atom is -0.355 e. The fraction of sp³-hybridized carbons (Fsp3) is 0.263. The Labute approximate surface area is 155 Å². The molecule has 0 saturated carbocycles. The van der Waals surface area contributed by atoms with Gasteiger partial charge in [0.05, 0.1) is 5.92 Å². The monoisotopic (exact) mass is 366 g/mol. The summed E-state index contributed by atoms with van der Waals surface area (Å²) in [6.45, 7) is 1.79. The molecule has 1 aliphatic rings. The average molecular weight is 366 g/mol. The second-order valence-corrected chi connectivity index (χ2v) is 6.45. The van der Waals surface area contributed by atoms with Crippen LogP contribution in [-0.4, -0.2) is 45.3 Å². The van der Waals surface area contributed by atoms with Gasteiger partial charge in [0.1, 0.15) is 18.0 Å². The zero-order valence-corrected chi connectivity index (χ0v) is 14.6. The van der Waals surface area contributed by atoms with E-state index < -0.39 is 0 Å².